The van der Waals surface area contributed by atoms with Gasteiger partial charge in [0, 0.05) is 19.7 Å². The van der Waals surface area contributed by atoms with Crippen LogP contribution in [0.3, 0.4) is 0 Å². The van der Waals surface area contributed by atoms with Gasteiger partial charge < -0.3 is 15.2 Å². The van der Waals surface area contributed by atoms with Crippen molar-refractivity contribution < 1.29 is 9.47 Å². The van der Waals surface area contributed by atoms with Crippen molar-refractivity contribution in [1.29, 1.82) is 0 Å². The third-order valence-corrected chi connectivity index (χ3v) is 1.74. The number of rotatable bonds is 6. The van der Waals surface area contributed by atoms with Crippen LogP contribution in [0.4, 0.5) is 0 Å². The van der Waals surface area contributed by atoms with Crippen molar-refractivity contribution in [3.8, 4) is 5.75 Å². The van der Waals surface area contributed by atoms with E-state index in [0.717, 1.165) is 0 Å². The molecule has 1 rings (SSSR count). The second kappa shape index (κ2) is 6.15. The minimum Gasteiger partial charge on any atom is -0.490 e. The summed E-state index contributed by atoms with van der Waals surface area (Å²) in [5.74, 6) is 0.444. The molecule has 0 fully saturated rings. The fourth-order valence-electron chi connectivity index (χ4n) is 1.02. The summed E-state index contributed by atoms with van der Waals surface area (Å²) in [5, 5.41) is 3.93. The Balaban J connectivity index is 2.66. The maximum atomic E-state index is 11.4. The molecule has 0 unspecified atom stereocenters. The lowest BCUT2D eigenvalue weighted by Crippen LogP contribution is -2.24. The number of nitrogens with zero attached hydrogens (tertiary/aromatic N) is 2. The minimum absolute atomic E-state index is 0.207. The molecule has 15 heavy (non-hydrogen) atoms. The van der Waals surface area contributed by atoms with Gasteiger partial charge >= 0.3 is 0 Å². The van der Waals surface area contributed by atoms with Crippen molar-refractivity contribution in [2.24, 2.45) is 5.73 Å². The number of methoxy groups -OCH3 is 1. The second-order valence-electron chi connectivity index (χ2n) is 2.88. The van der Waals surface area contributed by atoms with E-state index in [2.05, 4.69) is 5.10 Å². The summed E-state index contributed by atoms with van der Waals surface area (Å²) in [4.78, 5) is 11.4. The van der Waals surface area contributed by atoms with Gasteiger partial charge in [0.25, 0.3) is 5.56 Å². The Bertz CT molecular complexity index is 351. The van der Waals surface area contributed by atoms with Crippen LogP contribution < -0.4 is 16.0 Å². The lowest BCUT2D eigenvalue weighted by atomic mass is 10.5. The highest BCUT2D eigenvalue weighted by Gasteiger charge is 2.00. The fourth-order valence-corrected chi connectivity index (χ4v) is 1.02. The predicted octanol–water partition coefficient (Wildman–Crippen LogP) is -0.773. The molecule has 0 saturated heterocycles. The summed E-state index contributed by atoms with van der Waals surface area (Å²) in [5.41, 5.74) is 5.06. The maximum Gasteiger partial charge on any atom is 0.270 e. The van der Waals surface area contributed by atoms with Crippen LogP contribution in [0, 0.1) is 0 Å². The van der Waals surface area contributed by atoms with Crippen molar-refractivity contribution in [3.63, 3.8) is 0 Å². The summed E-state index contributed by atoms with van der Waals surface area (Å²) < 4.78 is 11.3. The van der Waals surface area contributed by atoms with Gasteiger partial charge in [-0.1, -0.05) is 0 Å². The molecule has 0 aromatic carbocycles. The Kier molecular flexibility index (Phi) is 4.79. The molecule has 1 aromatic heterocycles. The molecule has 6 heteroatoms. The van der Waals surface area contributed by atoms with Crippen LogP contribution in [0.15, 0.2) is 17.1 Å². The number of ether oxygens (including phenoxy) is 2. The van der Waals surface area contributed by atoms with Crippen LogP contribution in [0.5, 0.6) is 5.75 Å². The molecule has 6 nitrogen and oxygen atoms in total. The Morgan fingerprint density at radius 1 is 1.53 bits per heavy atom. The predicted molar refractivity (Wildman–Crippen MR) is 54.9 cm³/mol. The monoisotopic (exact) mass is 213 g/mol. The van der Waals surface area contributed by atoms with Crippen molar-refractivity contribution in [2.75, 3.05) is 26.9 Å². The first kappa shape index (κ1) is 11.7. The topological polar surface area (TPSA) is 79.4 Å². The SMILES string of the molecule is COCCn1ncc(OCCN)cc1=O. The number of nitrogens with two attached hydrogens (primary N) is 1. The van der Waals surface area contributed by atoms with E-state index in [1.807, 2.05) is 0 Å². The standard InChI is InChI=1S/C9H15N3O3/c1-14-5-3-12-9(13)6-8(7-11-12)15-4-2-10/h6-7H,2-5,10H2,1H3. The zero-order valence-corrected chi connectivity index (χ0v) is 8.68. The van der Waals surface area contributed by atoms with Gasteiger partial charge in [0.2, 0.25) is 0 Å². The molecular formula is C9H15N3O3. The van der Waals surface area contributed by atoms with E-state index < -0.39 is 0 Å². The fraction of sp³-hybridized carbons (Fsp3) is 0.556. The molecule has 0 saturated carbocycles. The van der Waals surface area contributed by atoms with Crippen molar-refractivity contribution >= 4 is 0 Å². The quantitative estimate of drug-likeness (QED) is 0.671. The van der Waals surface area contributed by atoms with Gasteiger partial charge in [-0.05, 0) is 0 Å². The third-order valence-electron chi connectivity index (χ3n) is 1.74. The Hall–Kier alpha value is -1.40. The molecule has 0 radical (unpaired) electrons. The summed E-state index contributed by atoms with van der Waals surface area (Å²) in [6.07, 6.45) is 1.49. The van der Waals surface area contributed by atoms with E-state index >= 15 is 0 Å². The molecule has 1 aromatic rings. The van der Waals surface area contributed by atoms with Gasteiger partial charge in [-0.15, -0.1) is 0 Å². The molecule has 0 atom stereocenters. The highest BCUT2D eigenvalue weighted by Crippen LogP contribution is 2.02. The lowest BCUT2D eigenvalue weighted by Gasteiger charge is -2.06. The van der Waals surface area contributed by atoms with E-state index in [0.29, 0.717) is 32.1 Å². The maximum absolute atomic E-state index is 11.4. The average molecular weight is 213 g/mol. The molecule has 0 aliphatic carbocycles. The normalized spacial score (nSPS) is 10.3. The molecule has 84 valence electrons. The molecule has 0 amide bonds. The van der Waals surface area contributed by atoms with Gasteiger partial charge in [-0.25, -0.2) is 4.68 Å². The molecule has 1 heterocycles. The molecule has 0 aliphatic rings. The Morgan fingerprint density at radius 2 is 2.33 bits per heavy atom. The Labute approximate surface area is 87.6 Å². The van der Waals surface area contributed by atoms with E-state index in [1.54, 1.807) is 7.11 Å². The molecular weight excluding hydrogens is 198 g/mol. The van der Waals surface area contributed by atoms with Gasteiger partial charge in [-0.3, -0.25) is 4.79 Å². The smallest absolute Gasteiger partial charge is 0.270 e. The van der Waals surface area contributed by atoms with Gasteiger partial charge in [0.15, 0.2) is 0 Å². The first-order valence-electron chi connectivity index (χ1n) is 4.67. The van der Waals surface area contributed by atoms with E-state index in [1.165, 1.54) is 16.9 Å². The summed E-state index contributed by atoms with van der Waals surface area (Å²) in [6, 6.07) is 1.39. The first-order valence-corrected chi connectivity index (χ1v) is 4.67. The van der Waals surface area contributed by atoms with Crippen LogP contribution in [0.1, 0.15) is 0 Å². The van der Waals surface area contributed by atoms with Crippen LogP contribution in [0.2, 0.25) is 0 Å². The largest absolute Gasteiger partial charge is 0.490 e. The third kappa shape index (κ3) is 3.69. The first-order chi connectivity index (χ1) is 7.27. The van der Waals surface area contributed by atoms with Crippen LogP contribution in [-0.4, -0.2) is 36.6 Å². The number of hydrogen-bond donors (Lipinski definition) is 1. The molecule has 0 bridgehead atoms. The van der Waals surface area contributed by atoms with E-state index in [4.69, 9.17) is 15.2 Å². The van der Waals surface area contributed by atoms with Gasteiger partial charge in [-0.2, -0.15) is 5.10 Å². The summed E-state index contributed by atoms with van der Waals surface area (Å²) in [7, 11) is 1.57. The van der Waals surface area contributed by atoms with Crippen molar-refractivity contribution in [2.45, 2.75) is 6.54 Å². The number of hydrogen-bond acceptors (Lipinski definition) is 5. The van der Waals surface area contributed by atoms with Crippen LogP contribution in [0.25, 0.3) is 0 Å². The Morgan fingerprint density at radius 3 is 2.93 bits per heavy atom. The van der Waals surface area contributed by atoms with Gasteiger partial charge in [0.1, 0.15) is 12.4 Å². The number of aromatic nitrogens is 2. The van der Waals surface area contributed by atoms with Gasteiger partial charge in [0.05, 0.1) is 19.3 Å². The second-order valence-corrected chi connectivity index (χ2v) is 2.88. The zero-order valence-electron chi connectivity index (χ0n) is 8.68. The highest BCUT2D eigenvalue weighted by atomic mass is 16.5. The highest BCUT2D eigenvalue weighted by molar-refractivity contribution is 5.13. The molecule has 2 N–H and O–H groups in total. The van der Waals surface area contributed by atoms with E-state index in [9.17, 15) is 4.79 Å². The molecule has 0 spiro atoms. The van der Waals surface area contributed by atoms with E-state index in [-0.39, 0.29) is 5.56 Å². The average Bonchev–Trinajstić information content (AvgIpc) is 2.25. The zero-order chi connectivity index (χ0) is 11.1. The lowest BCUT2D eigenvalue weighted by molar-refractivity contribution is 0.181. The molecule has 0 aliphatic heterocycles. The minimum atomic E-state index is -0.207. The van der Waals surface area contributed by atoms with Crippen molar-refractivity contribution in [1.82, 2.24) is 9.78 Å². The summed E-state index contributed by atoms with van der Waals surface area (Å²) >= 11 is 0. The summed E-state index contributed by atoms with van der Waals surface area (Å²) in [6.45, 7) is 1.68. The van der Waals surface area contributed by atoms with Crippen LogP contribution >= 0.6 is 0 Å². The van der Waals surface area contributed by atoms with Crippen LogP contribution in [-0.2, 0) is 11.3 Å². The van der Waals surface area contributed by atoms with Crippen molar-refractivity contribution in [3.05, 3.63) is 22.6 Å².